The number of carbonyl (C=O) groups excluding carboxylic acids is 1. The molecule has 0 atom stereocenters. The summed E-state index contributed by atoms with van der Waals surface area (Å²) >= 11 is 3.03. The second-order valence-electron chi connectivity index (χ2n) is 6.56. The van der Waals surface area contributed by atoms with Gasteiger partial charge in [-0.3, -0.25) is 4.79 Å². The van der Waals surface area contributed by atoms with Gasteiger partial charge in [0.1, 0.15) is 10.7 Å². The Bertz CT molecular complexity index is 1070. The summed E-state index contributed by atoms with van der Waals surface area (Å²) in [5, 5.41) is 6.57. The number of benzene rings is 1. The molecule has 0 saturated carbocycles. The highest BCUT2D eigenvalue weighted by Gasteiger charge is 2.31. The Kier molecular flexibility index (Phi) is 5.33. The van der Waals surface area contributed by atoms with Gasteiger partial charge in [-0.05, 0) is 30.5 Å². The van der Waals surface area contributed by atoms with E-state index in [1.807, 2.05) is 23.8 Å². The molecule has 0 spiro atoms. The average Bonchev–Trinajstić information content (AvgIpc) is 3.39. The predicted molar refractivity (Wildman–Crippen MR) is 111 cm³/mol. The number of thiophene rings is 1. The third-order valence-corrected chi connectivity index (χ3v) is 8.16. The van der Waals surface area contributed by atoms with Gasteiger partial charge in [-0.2, -0.15) is 15.6 Å². The summed E-state index contributed by atoms with van der Waals surface area (Å²) in [5.41, 5.74) is 2.45. The van der Waals surface area contributed by atoms with Crippen molar-refractivity contribution in [2.75, 3.05) is 26.2 Å². The van der Waals surface area contributed by atoms with Crippen molar-refractivity contribution in [1.29, 1.82) is 0 Å². The van der Waals surface area contributed by atoms with Crippen molar-refractivity contribution in [3.8, 4) is 10.6 Å². The lowest BCUT2D eigenvalue weighted by molar-refractivity contribution is 0.0693. The molecule has 1 amide bonds. The lowest BCUT2D eigenvalue weighted by atomic mass is 10.2. The largest absolute Gasteiger partial charge is 0.335 e. The van der Waals surface area contributed by atoms with Crippen LogP contribution in [-0.2, 0) is 10.0 Å². The quantitative estimate of drug-likeness (QED) is 0.633. The molecular formula is C19H19N3O3S3. The molecule has 0 radical (unpaired) electrons. The third kappa shape index (κ3) is 3.75. The van der Waals surface area contributed by atoms with Crippen molar-refractivity contribution in [3.05, 3.63) is 57.7 Å². The van der Waals surface area contributed by atoms with Crippen LogP contribution in [-0.4, -0.2) is 54.7 Å². The van der Waals surface area contributed by atoms with Gasteiger partial charge in [-0.15, -0.1) is 11.3 Å². The summed E-state index contributed by atoms with van der Waals surface area (Å²) < 4.78 is 27.0. The van der Waals surface area contributed by atoms with Gasteiger partial charge in [0.2, 0.25) is 10.0 Å². The van der Waals surface area contributed by atoms with E-state index in [1.54, 1.807) is 45.9 Å². The molecule has 1 aliphatic heterocycles. The van der Waals surface area contributed by atoms with Gasteiger partial charge in [0.25, 0.3) is 5.91 Å². The molecule has 3 aromatic rings. The predicted octanol–water partition coefficient (Wildman–Crippen LogP) is 3.33. The van der Waals surface area contributed by atoms with Gasteiger partial charge in [0.05, 0.1) is 4.90 Å². The van der Waals surface area contributed by atoms with Crippen molar-refractivity contribution < 1.29 is 13.2 Å². The van der Waals surface area contributed by atoms with Crippen LogP contribution in [0.5, 0.6) is 0 Å². The number of sulfonamides is 1. The Morgan fingerprint density at radius 3 is 2.39 bits per heavy atom. The van der Waals surface area contributed by atoms with E-state index < -0.39 is 10.0 Å². The van der Waals surface area contributed by atoms with Crippen LogP contribution in [0.2, 0.25) is 0 Å². The number of piperazine rings is 1. The first-order valence-corrected chi connectivity index (χ1v) is 12.1. The lowest BCUT2D eigenvalue weighted by Gasteiger charge is -2.33. The molecule has 1 aliphatic rings. The Morgan fingerprint density at radius 1 is 1.04 bits per heavy atom. The molecular weight excluding hydrogens is 414 g/mol. The lowest BCUT2D eigenvalue weighted by Crippen LogP contribution is -2.50. The van der Waals surface area contributed by atoms with Crippen molar-refractivity contribution in [2.45, 2.75) is 11.8 Å². The van der Waals surface area contributed by atoms with Gasteiger partial charge < -0.3 is 4.90 Å². The molecule has 1 fully saturated rings. The minimum Gasteiger partial charge on any atom is -0.335 e. The maximum Gasteiger partial charge on any atom is 0.273 e. The number of nitrogens with zero attached hydrogens (tertiary/aromatic N) is 3. The maximum atomic E-state index is 12.8. The van der Waals surface area contributed by atoms with Crippen LogP contribution >= 0.6 is 22.7 Å². The number of rotatable bonds is 4. The fourth-order valence-corrected chi connectivity index (χ4v) is 5.97. The smallest absolute Gasteiger partial charge is 0.273 e. The molecule has 0 N–H and O–H groups in total. The van der Waals surface area contributed by atoms with E-state index in [0.717, 1.165) is 16.1 Å². The monoisotopic (exact) mass is 433 g/mol. The van der Waals surface area contributed by atoms with Gasteiger partial charge in [-0.1, -0.05) is 17.7 Å². The number of aromatic nitrogens is 1. The number of thiazole rings is 1. The Balaban J connectivity index is 1.42. The van der Waals surface area contributed by atoms with Crippen LogP contribution in [0.25, 0.3) is 10.6 Å². The summed E-state index contributed by atoms with van der Waals surface area (Å²) in [7, 11) is -3.54. The third-order valence-electron chi connectivity index (χ3n) is 4.68. The first kappa shape index (κ1) is 19.3. The first-order chi connectivity index (χ1) is 13.4. The van der Waals surface area contributed by atoms with Gasteiger partial charge in [0, 0.05) is 42.5 Å². The summed E-state index contributed by atoms with van der Waals surface area (Å²) in [6.07, 6.45) is 0. The summed E-state index contributed by atoms with van der Waals surface area (Å²) in [5.74, 6) is -0.148. The van der Waals surface area contributed by atoms with E-state index in [9.17, 15) is 13.2 Å². The Labute approximate surface area is 172 Å². The van der Waals surface area contributed by atoms with Crippen LogP contribution in [0, 0.1) is 6.92 Å². The van der Waals surface area contributed by atoms with E-state index in [0.29, 0.717) is 18.8 Å². The van der Waals surface area contributed by atoms with Gasteiger partial charge in [0.15, 0.2) is 0 Å². The molecule has 0 unspecified atom stereocenters. The Hall–Kier alpha value is -2.07. The summed E-state index contributed by atoms with van der Waals surface area (Å²) in [6, 6.07) is 8.82. The minimum atomic E-state index is -3.54. The standard InChI is InChI=1S/C19H19N3O3S3/c1-14-2-4-16(5-3-14)28(24,25)22-9-7-21(8-10-22)19(23)17-13-27-18(20-17)15-6-11-26-12-15/h2-6,11-13H,7-10H2,1H3. The van der Waals surface area contributed by atoms with Crippen molar-refractivity contribution in [2.24, 2.45) is 0 Å². The molecule has 0 bridgehead atoms. The van der Waals surface area contributed by atoms with E-state index in [4.69, 9.17) is 0 Å². The summed E-state index contributed by atoms with van der Waals surface area (Å²) in [6.45, 7) is 3.19. The second kappa shape index (κ2) is 7.75. The molecule has 1 aromatic carbocycles. The molecule has 1 saturated heterocycles. The van der Waals surface area contributed by atoms with E-state index >= 15 is 0 Å². The molecule has 3 heterocycles. The summed E-state index contributed by atoms with van der Waals surface area (Å²) in [4.78, 5) is 19.2. The van der Waals surface area contributed by atoms with Crippen LogP contribution in [0.4, 0.5) is 0 Å². The number of carbonyl (C=O) groups is 1. The molecule has 2 aromatic heterocycles. The van der Waals surface area contributed by atoms with Crippen molar-refractivity contribution in [1.82, 2.24) is 14.2 Å². The van der Waals surface area contributed by atoms with Crippen LogP contribution < -0.4 is 0 Å². The zero-order chi connectivity index (χ0) is 19.7. The zero-order valence-electron chi connectivity index (χ0n) is 15.2. The van der Waals surface area contributed by atoms with Crippen LogP contribution in [0.1, 0.15) is 16.1 Å². The van der Waals surface area contributed by atoms with Crippen LogP contribution in [0.3, 0.4) is 0 Å². The van der Waals surface area contributed by atoms with E-state index in [1.165, 1.54) is 15.6 Å². The highest BCUT2D eigenvalue weighted by molar-refractivity contribution is 7.89. The second-order valence-corrected chi connectivity index (χ2v) is 10.1. The van der Waals surface area contributed by atoms with Crippen molar-refractivity contribution in [3.63, 3.8) is 0 Å². The molecule has 0 aliphatic carbocycles. The highest BCUT2D eigenvalue weighted by Crippen LogP contribution is 2.26. The zero-order valence-corrected chi connectivity index (χ0v) is 17.7. The fraction of sp³-hybridized carbons (Fsp3) is 0.263. The molecule has 6 nitrogen and oxygen atoms in total. The molecule has 146 valence electrons. The van der Waals surface area contributed by atoms with Crippen LogP contribution in [0.15, 0.2) is 51.4 Å². The van der Waals surface area contributed by atoms with E-state index in [-0.39, 0.29) is 23.9 Å². The molecule has 4 rings (SSSR count). The topological polar surface area (TPSA) is 70.6 Å². The molecule has 9 heteroatoms. The SMILES string of the molecule is Cc1ccc(S(=O)(=O)N2CCN(C(=O)c3csc(-c4ccsc4)n3)CC2)cc1. The highest BCUT2D eigenvalue weighted by atomic mass is 32.2. The first-order valence-electron chi connectivity index (χ1n) is 8.79. The van der Waals surface area contributed by atoms with Gasteiger partial charge in [-0.25, -0.2) is 13.4 Å². The molecule has 28 heavy (non-hydrogen) atoms. The normalized spacial score (nSPS) is 15.7. The van der Waals surface area contributed by atoms with Crippen molar-refractivity contribution >= 4 is 38.6 Å². The fourth-order valence-electron chi connectivity index (χ4n) is 3.04. The average molecular weight is 434 g/mol. The maximum absolute atomic E-state index is 12.8. The van der Waals surface area contributed by atoms with E-state index in [2.05, 4.69) is 4.98 Å². The minimum absolute atomic E-state index is 0.148. The number of hydrogen-bond acceptors (Lipinski definition) is 6. The number of aryl methyl sites for hydroxylation is 1. The van der Waals surface area contributed by atoms with Gasteiger partial charge >= 0.3 is 0 Å². The number of amides is 1. The Morgan fingerprint density at radius 2 is 1.75 bits per heavy atom. The number of hydrogen-bond donors (Lipinski definition) is 0.